The van der Waals surface area contributed by atoms with Crippen molar-refractivity contribution in [2.45, 2.75) is 71.0 Å². The molecular formula is C30H38FN5O. The molecule has 1 aromatic carbocycles. The summed E-state index contributed by atoms with van der Waals surface area (Å²) < 4.78 is 16.4. The minimum atomic E-state index is -0.411. The molecule has 1 saturated heterocycles. The van der Waals surface area contributed by atoms with Gasteiger partial charge in [0.15, 0.2) is 0 Å². The van der Waals surface area contributed by atoms with E-state index in [1.165, 1.54) is 48.8 Å². The minimum absolute atomic E-state index is 0.0117. The third-order valence-electron chi connectivity index (χ3n) is 9.26. The third kappa shape index (κ3) is 4.16. The largest absolute Gasteiger partial charge is 0.339 e. The van der Waals surface area contributed by atoms with Crippen LogP contribution in [0.2, 0.25) is 0 Å². The Labute approximate surface area is 218 Å². The van der Waals surface area contributed by atoms with Gasteiger partial charge < -0.3 is 15.2 Å². The SMILES string of the molecule is Cc1cncc2c1c(CC1CN(C3CC4(CC(N)C4)C3)C1)cn2-c1ccc(F)cc1C(=O)N(C)C(C)C. The number of fused-ring (bicyclic) bond motifs is 1. The zero-order chi connectivity index (χ0) is 26.1. The summed E-state index contributed by atoms with van der Waals surface area (Å²) in [5.41, 5.74) is 11.0. The lowest BCUT2D eigenvalue weighted by Gasteiger charge is -2.61. The number of nitrogens with two attached hydrogens (primary N) is 1. The van der Waals surface area contributed by atoms with Gasteiger partial charge in [0, 0.05) is 56.0 Å². The summed E-state index contributed by atoms with van der Waals surface area (Å²) in [7, 11) is 1.76. The van der Waals surface area contributed by atoms with Gasteiger partial charge in [0.1, 0.15) is 5.82 Å². The van der Waals surface area contributed by atoms with Crippen LogP contribution < -0.4 is 5.73 Å². The van der Waals surface area contributed by atoms with Crippen molar-refractivity contribution in [2.24, 2.45) is 17.1 Å². The quantitative estimate of drug-likeness (QED) is 0.530. The van der Waals surface area contributed by atoms with Crippen LogP contribution in [0.15, 0.2) is 36.8 Å². The second kappa shape index (κ2) is 8.91. The molecule has 0 atom stereocenters. The molecule has 1 aliphatic heterocycles. The Morgan fingerprint density at radius 1 is 1.22 bits per heavy atom. The average Bonchev–Trinajstić information content (AvgIpc) is 3.16. The van der Waals surface area contributed by atoms with E-state index in [2.05, 4.69) is 23.0 Å². The summed E-state index contributed by atoms with van der Waals surface area (Å²) in [4.78, 5) is 22.1. The van der Waals surface area contributed by atoms with Crippen molar-refractivity contribution in [3.8, 4) is 5.69 Å². The number of hydrogen-bond acceptors (Lipinski definition) is 4. The van der Waals surface area contributed by atoms with E-state index in [9.17, 15) is 9.18 Å². The normalized spacial score (nSPS) is 25.8. The van der Waals surface area contributed by atoms with E-state index in [1.807, 2.05) is 30.8 Å². The number of pyridine rings is 1. The fourth-order valence-corrected chi connectivity index (χ4v) is 7.04. The molecule has 3 aromatic rings. The molecule has 3 fully saturated rings. The first-order valence-electron chi connectivity index (χ1n) is 13.7. The number of rotatable bonds is 6. The summed E-state index contributed by atoms with van der Waals surface area (Å²) in [5.74, 6) is 0.0218. The molecule has 1 amide bonds. The van der Waals surface area contributed by atoms with Gasteiger partial charge in [0.25, 0.3) is 5.91 Å². The van der Waals surface area contributed by atoms with E-state index in [0.717, 1.165) is 36.6 Å². The van der Waals surface area contributed by atoms with Crippen molar-refractivity contribution >= 4 is 16.8 Å². The van der Waals surface area contributed by atoms with Crippen LogP contribution in [0.4, 0.5) is 4.39 Å². The highest BCUT2D eigenvalue weighted by Crippen LogP contribution is 2.57. The maximum atomic E-state index is 14.3. The molecule has 2 aliphatic carbocycles. The van der Waals surface area contributed by atoms with Crippen LogP contribution in [0, 0.1) is 24.1 Å². The Kier molecular flexibility index (Phi) is 5.92. The first-order chi connectivity index (χ1) is 17.6. The predicted molar refractivity (Wildman–Crippen MR) is 144 cm³/mol. The van der Waals surface area contributed by atoms with Crippen LogP contribution in [-0.4, -0.2) is 63.5 Å². The first kappa shape index (κ1) is 24.6. The van der Waals surface area contributed by atoms with Gasteiger partial charge in [-0.1, -0.05) is 0 Å². The number of nitrogens with zero attached hydrogens (tertiary/aromatic N) is 4. The number of halogens is 1. The number of amides is 1. The van der Waals surface area contributed by atoms with Gasteiger partial charge in [-0.05, 0) is 93.5 Å². The van der Waals surface area contributed by atoms with Crippen molar-refractivity contribution in [3.63, 3.8) is 0 Å². The highest BCUT2D eigenvalue weighted by atomic mass is 19.1. The fraction of sp³-hybridized carbons (Fsp3) is 0.533. The first-order valence-corrected chi connectivity index (χ1v) is 13.7. The van der Waals surface area contributed by atoms with E-state index >= 15 is 0 Å². The number of benzene rings is 1. The van der Waals surface area contributed by atoms with Gasteiger partial charge in [-0.15, -0.1) is 0 Å². The van der Waals surface area contributed by atoms with Gasteiger partial charge in [-0.3, -0.25) is 14.7 Å². The smallest absolute Gasteiger partial charge is 0.256 e. The van der Waals surface area contributed by atoms with Crippen LogP contribution in [0.5, 0.6) is 0 Å². The molecule has 2 N–H and O–H groups in total. The van der Waals surface area contributed by atoms with Gasteiger partial charge in [0.2, 0.25) is 0 Å². The summed E-state index contributed by atoms with van der Waals surface area (Å²) in [6.45, 7) is 8.29. The van der Waals surface area contributed by atoms with Gasteiger partial charge in [-0.25, -0.2) is 4.39 Å². The molecule has 196 valence electrons. The van der Waals surface area contributed by atoms with E-state index in [1.54, 1.807) is 18.0 Å². The zero-order valence-electron chi connectivity index (χ0n) is 22.4. The molecule has 2 saturated carbocycles. The molecule has 37 heavy (non-hydrogen) atoms. The zero-order valence-corrected chi connectivity index (χ0v) is 22.4. The highest BCUT2D eigenvalue weighted by molar-refractivity contribution is 5.99. The highest BCUT2D eigenvalue weighted by Gasteiger charge is 2.54. The topological polar surface area (TPSA) is 67.4 Å². The van der Waals surface area contributed by atoms with Crippen molar-refractivity contribution in [1.82, 2.24) is 19.4 Å². The van der Waals surface area contributed by atoms with Crippen LogP contribution in [0.1, 0.15) is 61.0 Å². The summed E-state index contributed by atoms with van der Waals surface area (Å²) in [6, 6.07) is 5.68. The lowest BCUT2D eigenvalue weighted by molar-refractivity contribution is -0.0977. The number of aryl methyl sites for hydroxylation is 1. The van der Waals surface area contributed by atoms with Gasteiger partial charge in [-0.2, -0.15) is 0 Å². The molecule has 3 aliphatic rings. The van der Waals surface area contributed by atoms with Crippen molar-refractivity contribution in [1.29, 1.82) is 0 Å². The maximum Gasteiger partial charge on any atom is 0.256 e. The number of likely N-dealkylation sites (tertiary alicyclic amines) is 1. The van der Waals surface area contributed by atoms with Gasteiger partial charge >= 0.3 is 0 Å². The van der Waals surface area contributed by atoms with Crippen molar-refractivity contribution < 1.29 is 9.18 Å². The van der Waals surface area contributed by atoms with Crippen molar-refractivity contribution in [2.75, 3.05) is 20.1 Å². The molecule has 6 nitrogen and oxygen atoms in total. The average molecular weight is 504 g/mol. The Bertz CT molecular complexity index is 1340. The second-order valence-electron chi connectivity index (χ2n) is 12.3. The number of carbonyl (C=O) groups excluding carboxylic acids is 1. The molecule has 2 aromatic heterocycles. The Morgan fingerprint density at radius 2 is 1.95 bits per heavy atom. The van der Waals surface area contributed by atoms with Crippen LogP contribution in [-0.2, 0) is 6.42 Å². The molecule has 0 radical (unpaired) electrons. The number of hydrogen-bond donors (Lipinski definition) is 1. The molecule has 7 heteroatoms. The Morgan fingerprint density at radius 3 is 2.62 bits per heavy atom. The third-order valence-corrected chi connectivity index (χ3v) is 9.26. The van der Waals surface area contributed by atoms with E-state index in [-0.39, 0.29) is 11.9 Å². The Balaban J connectivity index is 1.26. The predicted octanol–water partition coefficient (Wildman–Crippen LogP) is 4.70. The summed E-state index contributed by atoms with van der Waals surface area (Å²) in [6.07, 6.45) is 12.0. The molecule has 6 rings (SSSR count). The van der Waals surface area contributed by atoms with Gasteiger partial charge in [0.05, 0.1) is 23.0 Å². The number of carbonyl (C=O) groups is 1. The lowest BCUT2D eigenvalue weighted by atomic mass is 9.51. The van der Waals surface area contributed by atoms with E-state index < -0.39 is 5.82 Å². The molecule has 0 bridgehead atoms. The van der Waals surface area contributed by atoms with Crippen molar-refractivity contribution in [3.05, 3.63) is 59.3 Å². The monoisotopic (exact) mass is 503 g/mol. The molecule has 0 unspecified atom stereocenters. The number of aromatic nitrogens is 2. The standard InChI is InChI=1S/C30H38FN5O/c1-18(2)34(4)29(37)25-8-22(31)5-6-26(25)36-17-21(28-19(3)13-33-14-27(28)36)7-20-15-35(16-20)24-11-30(12-24)9-23(32)10-30/h5-6,8,13-14,17-18,20,23-24H,7,9-12,15-16,32H2,1-4H3. The second-order valence-corrected chi connectivity index (χ2v) is 12.3. The molecule has 3 heterocycles. The fourth-order valence-electron chi connectivity index (χ4n) is 7.04. The summed E-state index contributed by atoms with van der Waals surface area (Å²) in [5, 5.41) is 1.19. The maximum absolute atomic E-state index is 14.3. The van der Waals surface area contributed by atoms with E-state index in [0.29, 0.717) is 28.6 Å². The lowest BCUT2D eigenvalue weighted by Crippen LogP contribution is -2.64. The Hall–Kier alpha value is -2.77. The van der Waals surface area contributed by atoms with E-state index in [4.69, 9.17) is 5.73 Å². The summed E-state index contributed by atoms with van der Waals surface area (Å²) >= 11 is 0. The van der Waals surface area contributed by atoms with Crippen LogP contribution in [0.3, 0.4) is 0 Å². The van der Waals surface area contributed by atoms with Crippen LogP contribution >= 0.6 is 0 Å². The molecular weight excluding hydrogens is 465 g/mol. The molecule has 1 spiro atoms. The minimum Gasteiger partial charge on any atom is -0.339 e. The van der Waals surface area contributed by atoms with Crippen LogP contribution in [0.25, 0.3) is 16.6 Å².